The van der Waals surface area contributed by atoms with Crippen LogP contribution in [0.2, 0.25) is 0 Å². The number of nitrogens with zero attached hydrogens (tertiary/aromatic N) is 2. The number of aliphatic hydroxyl groups excluding tert-OH is 1. The molecule has 0 amide bonds. The predicted octanol–water partition coefficient (Wildman–Crippen LogP) is 1.26. The molecule has 0 aliphatic rings. The Morgan fingerprint density at radius 1 is 1.31 bits per heavy atom. The van der Waals surface area contributed by atoms with Crippen molar-refractivity contribution >= 4 is 11.6 Å². The van der Waals surface area contributed by atoms with Gasteiger partial charge in [-0.3, -0.25) is 0 Å². The number of aliphatic hydroxyl groups is 1. The minimum absolute atomic E-state index is 0.178. The average molecular weight is 224 g/mol. The number of hydrogen-bond acceptors (Lipinski definition) is 5. The van der Waals surface area contributed by atoms with Crippen LogP contribution in [0.3, 0.4) is 0 Å². The Labute approximate surface area is 96.3 Å². The molecular formula is C11H20N4O. The Kier molecular flexibility index (Phi) is 4.98. The standard InChI is InChI=1S/C11H20N4O/c1-4-12-10-5-11(15-9(3)14-10)13-6-8(2)7-16/h5,8,16H,4,6-7H2,1-3H3,(H2,12,13,14,15). The molecule has 0 saturated heterocycles. The number of anilines is 2. The third kappa shape index (κ3) is 4.02. The highest BCUT2D eigenvalue weighted by Crippen LogP contribution is 2.11. The van der Waals surface area contributed by atoms with Crippen LogP contribution in [-0.4, -0.2) is 34.8 Å². The lowest BCUT2D eigenvalue weighted by Crippen LogP contribution is -2.16. The molecule has 90 valence electrons. The summed E-state index contributed by atoms with van der Waals surface area (Å²) in [6, 6.07) is 1.88. The first-order chi connectivity index (χ1) is 7.65. The number of nitrogens with one attached hydrogen (secondary N) is 2. The number of rotatable bonds is 6. The second-order valence-corrected chi connectivity index (χ2v) is 3.88. The van der Waals surface area contributed by atoms with Crippen LogP contribution in [0.15, 0.2) is 6.07 Å². The van der Waals surface area contributed by atoms with Crippen molar-refractivity contribution in [3.63, 3.8) is 0 Å². The summed E-state index contributed by atoms with van der Waals surface area (Å²) >= 11 is 0. The molecule has 1 aromatic heterocycles. The molecule has 0 aliphatic carbocycles. The van der Waals surface area contributed by atoms with E-state index in [-0.39, 0.29) is 12.5 Å². The summed E-state index contributed by atoms with van der Waals surface area (Å²) in [6.07, 6.45) is 0. The van der Waals surface area contributed by atoms with Gasteiger partial charge in [0.2, 0.25) is 0 Å². The van der Waals surface area contributed by atoms with E-state index < -0.39 is 0 Å². The van der Waals surface area contributed by atoms with Crippen molar-refractivity contribution < 1.29 is 5.11 Å². The van der Waals surface area contributed by atoms with Crippen molar-refractivity contribution in [2.45, 2.75) is 20.8 Å². The van der Waals surface area contributed by atoms with Crippen molar-refractivity contribution in [2.24, 2.45) is 5.92 Å². The van der Waals surface area contributed by atoms with E-state index in [1.165, 1.54) is 0 Å². The van der Waals surface area contributed by atoms with E-state index in [1.54, 1.807) is 0 Å². The van der Waals surface area contributed by atoms with Gasteiger partial charge >= 0.3 is 0 Å². The molecule has 0 saturated carbocycles. The molecular weight excluding hydrogens is 204 g/mol. The Morgan fingerprint density at radius 2 is 1.94 bits per heavy atom. The van der Waals surface area contributed by atoms with Crippen LogP contribution in [0.4, 0.5) is 11.6 Å². The summed E-state index contributed by atoms with van der Waals surface area (Å²) in [7, 11) is 0. The Bertz CT molecular complexity index is 330. The lowest BCUT2D eigenvalue weighted by atomic mass is 10.2. The lowest BCUT2D eigenvalue weighted by Gasteiger charge is -2.11. The summed E-state index contributed by atoms with van der Waals surface area (Å²) in [5.74, 6) is 2.58. The van der Waals surface area contributed by atoms with Crippen LogP contribution < -0.4 is 10.6 Å². The van der Waals surface area contributed by atoms with E-state index in [4.69, 9.17) is 5.11 Å². The van der Waals surface area contributed by atoms with Crippen LogP contribution in [0.1, 0.15) is 19.7 Å². The highest BCUT2D eigenvalue weighted by molar-refractivity contribution is 5.47. The third-order valence-corrected chi connectivity index (χ3v) is 2.14. The quantitative estimate of drug-likeness (QED) is 0.678. The highest BCUT2D eigenvalue weighted by atomic mass is 16.3. The Morgan fingerprint density at radius 3 is 2.50 bits per heavy atom. The zero-order chi connectivity index (χ0) is 12.0. The van der Waals surface area contributed by atoms with Gasteiger partial charge in [-0.1, -0.05) is 6.92 Å². The van der Waals surface area contributed by atoms with Crippen molar-refractivity contribution in [1.29, 1.82) is 0 Å². The van der Waals surface area contributed by atoms with Crippen molar-refractivity contribution in [3.05, 3.63) is 11.9 Å². The topological polar surface area (TPSA) is 70.1 Å². The van der Waals surface area contributed by atoms with Gasteiger partial charge in [0.15, 0.2) is 0 Å². The fraction of sp³-hybridized carbons (Fsp3) is 0.636. The molecule has 5 heteroatoms. The molecule has 0 fully saturated rings. The van der Waals surface area contributed by atoms with E-state index >= 15 is 0 Å². The maximum absolute atomic E-state index is 8.92. The minimum atomic E-state index is 0.178. The van der Waals surface area contributed by atoms with Crippen molar-refractivity contribution in [2.75, 3.05) is 30.3 Å². The van der Waals surface area contributed by atoms with Crippen LogP contribution >= 0.6 is 0 Å². The number of aryl methyl sites for hydroxylation is 1. The molecule has 1 atom stereocenters. The van der Waals surface area contributed by atoms with E-state index in [0.29, 0.717) is 6.54 Å². The first-order valence-corrected chi connectivity index (χ1v) is 5.60. The smallest absolute Gasteiger partial charge is 0.131 e. The molecule has 1 heterocycles. The fourth-order valence-corrected chi connectivity index (χ4v) is 1.27. The molecule has 0 spiro atoms. The normalized spacial score (nSPS) is 12.2. The van der Waals surface area contributed by atoms with E-state index in [1.807, 2.05) is 26.8 Å². The molecule has 1 rings (SSSR count). The summed E-state index contributed by atoms with van der Waals surface area (Å²) in [4.78, 5) is 8.54. The molecule has 3 N–H and O–H groups in total. The maximum Gasteiger partial charge on any atom is 0.131 e. The summed E-state index contributed by atoms with van der Waals surface area (Å²) in [6.45, 7) is 7.59. The van der Waals surface area contributed by atoms with Gasteiger partial charge in [0.1, 0.15) is 17.5 Å². The van der Waals surface area contributed by atoms with E-state index in [9.17, 15) is 0 Å². The largest absolute Gasteiger partial charge is 0.396 e. The third-order valence-electron chi connectivity index (χ3n) is 2.14. The van der Waals surface area contributed by atoms with Crippen molar-refractivity contribution in [3.8, 4) is 0 Å². The van der Waals surface area contributed by atoms with Crippen molar-refractivity contribution in [1.82, 2.24) is 9.97 Å². The maximum atomic E-state index is 8.92. The molecule has 0 aliphatic heterocycles. The van der Waals surface area contributed by atoms with Gasteiger partial charge in [-0.2, -0.15) is 0 Å². The van der Waals surface area contributed by atoms with Crippen LogP contribution in [-0.2, 0) is 0 Å². The van der Waals surface area contributed by atoms with E-state index in [2.05, 4.69) is 20.6 Å². The van der Waals surface area contributed by atoms with E-state index in [0.717, 1.165) is 24.0 Å². The van der Waals surface area contributed by atoms with Gasteiger partial charge in [0, 0.05) is 25.8 Å². The van der Waals surface area contributed by atoms with Gasteiger partial charge < -0.3 is 15.7 Å². The SMILES string of the molecule is CCNc1cc(NCC(C)CO)nc(C)n1. The van der Waals surface area contributed by atoms with Gasteiger partial charge in [0.25, 0.3) is 0 Å². The fourth-order valence-electron chi connectivity index (χ4n) is 1.27. The van der Waals surface area contributed by atoms with Gasteiger partial charge in [-0.15, -0.1) is 0 Å². The Hall–Kier alpha value is -1.36. The number of aromatic nitrogens is 2. The molecule has 1 aromatic rings. The monoisotopic (exact) mass is 224 g/mol. The van der Waals surface area contributed by atoms with Crippen LogP contribution in [0, 0.1) is 12.8 Å². The first kappa shape index (κ1) is 12.7. The summed E-state index contributed by atoms with van der Waals surface area (Å²) in [5.41, 5.74) is 0. The first-order valence-electron chi connectivity index (χ1n) is 5.60. The predicted molar refractivity (Wildman–Crippen MR) is 65.7 cm³/mol. The molecule has 16 heavy (non-hydrogen) atoms. The average Bonchev–Trinajstić information content (AvgIpc) is 2.25. The molecule has 1 unspecified atom stereocenters. The second kappa shape index (κ2) is 6.27. The zero-order valence-electron chi connectivity index (χ0n) is 10.1. The Balaban J connectivity index is 2.64. The molecule has 0 aromatic carbocycles. The lowest BCUT2D eigenvalue weighted by molar-refractivity contribution is 0.244. The van der Waals surface area contributed by atoms with Crippen LogP contribution in [0.25, 0.3) is 0 Å². The number of hydrogen-bond donors (Lipinski definition) is 3. The molecule has 0 radical (unpaired) electrons. The van der Waals surface area contributed by atoms with Crippen LogP contribution in [0.5, 0.6) is 0 Å². The second-order valence-electron chi connectivity index (χ2n) is 3.88. The summed E-state index contributed by atoms with van der Waals surface area (Å²) < 4.78 is 0. The molecule has 5 nitrogen and oxygen atoms in total. The highest BCUT2D eigenvalue weighted by Gasteiger charge is 2.03. The zero-order valence-corrected chi connectivity index (χ0v) is 10.1. The molecule has 0 bridgehead atoms. The van der Waals surface area contributed by atoms with Gasteiger partial charge in [0.05, 0.1) is 0 Å². The van der Waals surface area contributed by atoms with Gasteiger partial charge in [-0.25, -0.2) is 9.97 Å². The summed E-state index contributed by atoms with van der Waals surface area (Å²) in [5, 5.41) is 15.3. The van der Waals surface area contributed by atoms with Gasteiger partial charge in [-0.05, 0) is 19.8 Å². The minimum Gasteiger partial charge on any atom is -0.396 e.